The minimum Gasteiger partial charge on any atom is -0.338 e. The maximum atomic E-state index is 12.2. The average Bonchev–Trinajstić information content (AvgIpc) is 2.99. The zero-order valence-corrected chi connectivity index (χ0v) is 9.61. The molecule has 2 fully saturated rings. The Morgan fingerprint density at radius 3 is 2.73 bits per heavy atom. The number of nitrogens with zero attached hydrogens (tertiary/aromatic N) is 1. The minimum absolute atomic E-state index is 0.313. The van der Waals surface area contributed by atoms with Crippen molar-refractivity contribution in [2.45, 2.75) is 45.1 Å². The van der Waals surface area contributed by atoms with Gasteiger partial charge in [-0.1, -0.05) is 19.8 Å². The van der Waals surface area contributed by atoms with Crippen LogP contribution in [0, 0.1) is 11.8 Å². The molecule has 1 heterocycles. The Bertz CT molecular complexity index is 242. The Kier molecular flexibility index (Phi) is 3.29. The number of likely N-dealkylation sites (tertiary alicyclic amines) is 1. The van der Waals surface area contributed by atoms with E-state index in [1.54, 1.807) is 0 Å². The molecule has 3 unspecified atom stereocenters. The van der Waals surface area contributed by atoms with Crippen LogP contribution in [0.2, 0.25) is 0 Å². The van der Waals surface area contributed by atoms with E-state index in [0.29, 0.717) is 30.3 Å². The van der Waals surface area contributed by atoms with Crippen LogP contribution in [0.5, 0.6) is 0 Å². The van der Waals surface area contributed by atoms with Gasteiger partial charge in [-0.25, -0.2) is 0 Å². The average molecular weight is 210 g/mol. The van der Waals surface area contributed by atoms with Crippen LogP contribution in [0.25, 0.3) is 0 Å². The van der Waals surface area contributed by atoms with Gasteiger partial charge in [-0.3, -0.25) is 4.79 Å². The molecule has 86 valence electrons. The number of nitrogens with two attached hydrogens (primary N) is 1. The monoisotopic (exact) mass is 210 g/mol. The SMILES string of the molecule is CC1CC1C(=O)N1CCCCCC1CN. The van der Waals surface area contributed by atoms with E-state index in [1.807, 2.05) is 0 Å². The van der Waals surface area contributed by atoms with Crippen molar-refractivity contribution in [2.24, 2.45) is 17.6 Å². The molecule has 1 amide bonds. The summed E-state index contributed by atoms with van der Waals surface area (Å²) in [6.07, 6.45) is 5.83. The van der Waals surface area contributed by atoms with E-state index in [9.17, 15) is 4.79 Å². The van der Waals surface area contributed by atoms with Gasteiger partial charge in [0.1, 0.15) is 0 Å². The fourth-order valence-electron chi connectivity index (χ4n) is 2.59. The van der Waals surface area contributed by atoms with E-state index in [4.69, 9.17) is 5.73 Å². The highest BCUT2D eigenvalue weighted by atomic mass is 16.2. The minimum atomic E-state index is 0.313. The van der Waals surface area contributed by atoms with Gasteiger partial charge in [-0.05, 0) is 25.2 Å². The first kappa shape index (κ1) is 10.9. The fraction of sp³-hybridized carbons (Fsp3) is 0.917. The summed E-state index contributed by atoms with van der Waals surface area (Å²) in [7, 11) is 0. The van der Waals surface area contributed by atoms with Gasteiger partial charge in [-0.15, -0.1) is 0 Å². The van der Waals surface area contributed by atoms with Crippen LogP contribution in [0.3, 0.4) is 0 Å². The second-order valence-corrected chi connectivity index (χ2v) is 5.09. The maximum Gasteiger partial charge on any atom is 0.226 e. The van der Waals surface area contributed by atoms with Gasteiger partial charge in [0, 0.05) is 25.0 Å². The van der Waals surface area contributed by atoms with E-state index in [2.05, 4.69) is 11.8 Å². The van der Waals surface area contributed by atoms with Crippen molar-refractivity contribution >= 4 is 5.91 Å². The number of carbonyl (C=O) groups excluding carboxylic acids is 1. The lowest BCUT2D eigenvalue weighted by Crippen LogP contribution is -2.45. The van der Waals surface area contributed by atoms with Gasteiger partial charge in [-0.2, -0.15) is 0 Å². The third kappa shape index (κ3) is 2.33. The van der Waals surface area contributed by atoms with E-state index in [1.165, 1.54) is 12.8 Å². The van der Waals surface area contributed by atoms with Gasteiger partial charge >= 0.3 is 0 Å². The first-order valence-electron chi connectivity index (χ1n) is 6.24. The Labute approximate surface area is 92.0 Å². The highest BCUT2D eigenvalue weighted by molar-refractivity contribution is 5.82. The highest BCUT2D eigenvalue weighted by Gasteiger charge is 2.42. The second-order valence-electron chi connectivity index (χ2n) is 5.09. The molecule has 2 N–H and O–H groups in total. The Balaban J connectivity index is 1.99. The summed E-state index contributed by atoms with van der Waals surface area (Å²) in [5.41, 5.74) is 5.76. The highest BCUT2D eigenvalue weighted by Crippen LogP contribution is 2.40. The van der Waals surface area contributed by atoms with Crippen LogP contribution in [-0.4, -0.2) is 29.9 Å². The third-order valence-electron chi connectivity index (χ3n) is 3.86. The van der Waals surface area contributed by atoms with Crippen LogP contribution in [0.15, 0.2) is 0 Å². The first-order chi connectivity index (χ1) is 7.24. The molecule has 0 bridgehead atoms. The van der Waals surface area contributed by atoms with E-state index < -0.39 is 0 Å². The van der Waals surface area contributed by atoms with Crippen molar-refractivity contribution in [3.8, 4) is 0 Å². The Morgan fingerprint density at radius 2 is 2.13 bits per heavy atom. The van der Waals surface area contributed by atoms with Gasteiger partial charge < -0.3 is 10.6 Å². The molecule has 2 rings (SSSR count). The second kappa shape index (κ2) is 4.52. The van der Waals surface area contributed by atoms with Crippen molar-refractivity contribution < 1.29 is 4.79 Å². The lowest BCUT2D eigenvalue weighted by molar-refractivity contribution is -0.135. The number of hydrogen-bond acceptors (Lipinski definition) is 2. The molecule has 1 saturated heterocycles. The van der Waals surface area contributed by atoms with E-state index in [0.717, 1.165) is 25.8 Å². The van der Waals surface area contributed by atoms with Crippen molar-refractivity contribution in [1.82, 2.24) is 4.90 Å². The van der Waals surface area contributed by atoms with Crippen LogP contribution in [-0.2, 0) is 4.79 Å². The molecule has 3 atom stereocenters. The standard InChI is InChI=1S/C12H22N2O/c1-9-7-11(9)12(15)14-6-4-2-3-5-10(14)8-13/h9-11H,2-8,13H2,1H3. The van der Waals surface area contributed by atoms with Crippen LogP contribution in [0.1, 0.15) is 39.0 Å². The first-order valence-corrected chi connectivity index (χ1v) is 6.24. The van der Waals surface area contributed by atoms with Crippen molar-refractivity contribution in [3.63, 3.8) is 0 Å². The zero-order chi connectivity index (χ0) is 10.8. The molecular weight excluding hydrogens is 188 g/mol. The molecule has 1 saturated carbocycles. The van der Waals surface area contributed by atoms with Gasteiger partial charge in [0.15, 0.2) is 0 Å². The maximum absolute atomic E-state index is 12.2. The van der Waals surface area contributed by atoms with Gasteiger partial charge in [0.2, 0.25) is 5.91 Å². The van der Waals surface area contributed by atoms with Crippen LogP contribution >= 0.6 is 0 Å². The molecule has 0 spiro atoms. The summed E-state index contributed by atoms with van der Waals surface area (Å²) in [6, 6.07) is 0.313. The summed E-state index contributed by atoms with van der Waals surface area (Å²) in [4.78, 5) is 14.2. The molecule has 15 heavy (non-hydrogen) atoms. The quantitative estimate of drug-likeness (QED) is 0.748. The topological polar surface area (TPSA) is 46.3 Å². The lowest BCUT2D eigenvalue weighted by Gasteiger charge is -2.29. The number of hydrogen-bond donors (Lipinski definition) is 1. The predicted octanol–water partition coefficient (Wildman–Crippen LogP) is 1.37. The van der Waals surface area contributed by atoms with Gasteiger partial charge in [0.25, 0.3) is 0 Å². The summed E-state index contributed by atoms with van der Waals surface area (Å²) >= 11 is 0. The summed E-state index contributed by atoms with van der Waals surface area (Å²) in [5, 5.41) is 0. The molecule has 0 radical (unpaired) electrons. The summed E-state index contributed by atoms with van der Waals surface area (Å²) < 4.78 is 0. The molecule has 2 aliphatic rings. The number of carbonyl (C=O) groups is 1. The molecule has 1 aliphatic heterocycles. The van der Waals surface area contributed by atoms with Crippen molar-refractivity contribution in [2.75, 3.05) is 13.1 Å². The molecular formula is C12H22N2O. The zero-order valence-electron chi connectivity index (χ0n) is 9.61. The lowest BCUT2D eigenvalue weighted by atomic mass is 10.1. The predicted molar refractivity (Wildman–Crippen MR) is 60.3 cm³/mol. The molecule has 0 aromatic heterocycles. The van der Waals surface area contributed by atoms with Crippen LogP contribution < -0.4 is 5.73 Å². The van der Waals surface area contributed by atoms with Crippen molar-refractivity contribution in [1.29, 1.82) is 0 Å². The smallest absolute Gasteiger partial charge is 0.226 e. The molecule has 0 aromatic rings. The summed E-state index contributed by atoms with van der Waals surface area (Å²) in [6.45, 7) is 3.73. The molecule has 3 heteroatoms. The largest absolute Gasteiger partial charge is 0.338 e. The van der Waals surface area contributed by atoms with Crippen molar-refractivity contribution in [3.05, 3.63) is 0 Å². The number of amides is 1. The number of rotatable bonds is 2. The van der Waals surface area contributed by atoms with E-state index >= 15 is 0 Å². The normalized spacial score (nSPS) is 36.1. The van der Waals surface area contributed by atoms with Gasteiger partial charge in [0.05, 0.1) is 0 Å². The molecule has 0 aromatic carbocycles. The molecule has 1 aliphatic carbocycles. The summed E-state index contributed by atoms with van der Waals surface area (Å²) in [5.74, 6) is 1.30. The Morgan fingerprint density at radius 1 is 1.40 bits per heavy atom. The Hall–Kier alpha value is -0.570. The molecule has 3 nitrogen and oxygen atoms in total. The van der Waals surface area contributed by atoms with E-state index in [-0.39, 0.29) is 0 Å². The fourth-order valence-corrected chi connectivity index (χ4v) is 2.59. The van der Waals surface area contributed by atoms with Crippen LogP contribution in [0.4, 0.5) is 0 Å². The third-order valence-corrected chi connectivity index (χ3v) is 3.86.